The highest BCUT2D eigenvalue weighted by Crippen LogP contribution is 2.20. The third-order valence-electron chi connectivity index (χ3n) is 4.65. The molecule has 0 bridgehead atoms. The molecule has 31 heavy (non-hydrogen) atoms. The van der Waals surface area contributed by atoms with Crippen LogP contribution in [0.3, 0.4) is 0 Å². The van der Waals surface area contributed by atoms with Crippen molar-refractivity contribution in [1.82, 2.24) is 4.57 Å². The fourth-order valence-electron chi connectivity index (χ4n) is 3.06. The summed E-state index contributed by atoms with van der Waals surface area (Å²) in [5, 5.41) is 0. The SMILES string of the molecule is C#CCn1c(=NC(=O)c2cccc(OCCCCC)c2)sc2cc(C(=O)OC)ccc21. The average Bonchev–Trinajstić information content (AvgIpc) is 3.12. The first-order chi connectivity index (χ1) is 15.1. The molecule has 0 aliphatic carbocycles. The molecule has 0 saturated heterocycles. The highest BCUT2D eigenvalue weighted by atomic mass is 32.1. The van der Waals surface area contributed by atoms with Gasteiger partial charge in [0.25, 0.3) is 5.91 Å². The van der Waals surface area contributed by atoms with Crippen LogP contribution >= 0.6 is 11.3 Å². The molecule has 3 rings (SSSR count). The zero-order valence-corrected chi connectivity index (χ0v) is 18.4. The van der Waals surface area contributed by atoms with Crippen molar-refractivity contribution < 1.29 is 19.1 Å². The van der Waals surface area contributed by atoms with Gasteiger partial charge < -0.3 is 14.0 Å². The van der Waals surface area contributed by atoms with Crippen LogP contribution < -0.4 is 9.54 Å². The summed E-state index contributed by atoms with van der Waals surface area (Å²) in [6.45, 7) is 3.01. The summed E-state index contributed by atoms with van der Waals surface area (Å²) in [7, 11) is 1.33. The van der Waals surface area contributed by atoms with Crippen LogP contribution in [0.2, 0.25) is 0 Å². The standard InChI is InChI=1S/C24H24N2O4S/c1-4-6-7-14-30-19-10-8-9-17(15-19)22(27)25-24-26(13-5-2)20-12-11-18(23(28)29-3)16-21(20)31-24/h2,8-12,15-16H,4,6-7,13-14H2,1,3H3. The van der Waals surface area contributed by atoms with E-state index in [2.05, 4.69) is 17.8 Å². The zero-order valence-electron chi connectivity index (χ0n) is 17.6. The van der Waals surface area contributed by atoms with Crippen LogP contribution in [0, 0.1) is 12.3 Å². The van der Waals surface area contributed by atoms with Gasteiger partial charge in [-0.05, 0) is 42.8 Å². The number of ether oxygens (including phenoxy) is 2. The van der Waals surface area contributed by atoms with Gasteiger partial charge in [-0.15, -0.1) is 6.42 Å². The maximum Gasteiger partial charge on any atom is 0.337 e. The first-order valence-corrected chi connectivity index (χ1v) is 10.9. The fraction of sp³-hybridized carbons (Fsp3) is 0.292. The highest BCUT2D eigenvalue weighted by molar-refractivity contribution is 7.16. The van der Waals surface area contributed by atoms with Gasteiger partial charge in [-0.2, -0.15) is 4.99 Å². The molecule has 160 valence electrons. The number of unbranched alkanes of at least 4 members (excludes halogenated alkanes) is 2. The summed E-state index contributed by atoms with van der Waals surface area (Å²) in [6, 6.07) is 12.2. The van der Waals surface area contributed by atoms with E-state index in [9.17, 15) is 9.59 Å². The lowest BCUT2D eigenvalue weighted by Gasteiger charge is -2.06. The van der Waals surface area contributed by atoms with Gasteiger partial charge in [0.1, 0.15) is 5.75 Å². The number of carbonyl (C=O) groups is 2. The molecule has 0 saturated carbocycles. The summed E-state index contributed by atoms with van der Waals surface area (Å²) in [4.78, 5) is 29.4. The molecular weight excluding hydrogens is 412 g/mol. The lowest BCUT2D eigenvalue weighted by atomic mass is 10.2. The van der Waals surface area contributed by atoms with Crippen LogP contribution in [0.15, 0.2) is 47.5 Å². The van der Waals surface area contributed by atoms with Gasteiger partial charge in [0, 0.05) is 5.56 Å². The Morgan fingerprint density at radius 2 is 2.00 bits per heavy atom. The Morgan fingerprint density at radius 1 is 1.16 bits per heavy atom. The Hall–Kier alpha value is -3.37. The number of nitrogens with zero attached hydrogens (tertiary/aromatic N) is 2. The predicted molar refractivity (Wildman–Crippen MR) is 121 cm³/mol. The van der Waals surface area contributed by atoms with Crippen LogP contribution in [0.1, 0.15) is 46.9 Å². The molecule has 1 heterocycles. The second-order valence-corrected chi connectivity index (χ2v) is 7.86. The maximum absolute atomic E-state index is 12.8. The number of fused-ring (bicyclic) bond motifs is 1. The van der Waals surface area contributed by atoms with E-state index >= 15 is 0 Å². The number of aromatic nitrogens is 1. The van der Waals surface area contributed by atoms with Crippen molar-refractivity contribution in [1.29, 1.82) is 0 Å². The number of hydrogen-bond donors (Lipinski definition) is 0. The molecule has 6 nitrogen and oxygen atoms in total. The molecule has 0 atom stereocenters. The minimum Gasteiger partial charge on any atom is -0.494 e. The van der Waals surface area contributed by atoms with Gasteiger partial charge in [-0.25, -0.2) is 4.79 Å². The van der Waals surface area contributed by atoms with Gasteiger partial charge in [-0.3, -0.25) is 4.79 Å². The third kappa shape index (κ3) is 5.41. The number of benzene rings is 2. The van der Waals surface area contributed by atoms with Crippen LogP contribution in [0.25, 0.3) is 10.2 Å². The van der Waals surface area contributed by atoms with Gasteiger partial charge >= 0.3 is 5.97 Å². The van der Waals surface area contributed by atoms with E-state index in [1.807, 2.05) is 6.07 Å². The molecule has 7 heteroatoms. The molecule has 0 radical (unpaired) electrons. The first kappa shape index (κ1) is 22.3. The smallest absolute Gasteiger partial charge is 0.337 e. The molecule has 2 aromatic carbocycles. The van der Waals surface area contributed by atoms with E-state index in [0.29, 0.717) is 28.3 Å². The second kappa shape index (κ2) is 10.6. The number of thiazole rings is 1. The van der Waals surface area contributed by atoms with E-state index in [4.69, 9.17) is 15.9 Å². The van der Waals surface area contributed by atoms with Crippen molar-refractivity contribution in [2.75, 3.05) is 13.7 Å². The molecule has 0 unspecified atom stereocenters. The molecular formula is C24H24N2O4S. The number of esters is 1. The van der Waals surface area contributed by atoms with Crippen molar-refractivity contribution in [3.8, 4) is 18.1 Å². The topological polar surface area (TPSA) is 69.9 Å². The van der Waals surface area contributed by atoms with Crippen LogP contribution in [0.4, 0.5) is 0 Å². The van der Waals surface area contributed by atoms with Gasteiger partial charge in [0.2, 0.25) is 0 Å². The number of carbonyl (C=O) groups excluding carboxylic acids is 2. The summed E-state index contributed by atoms with van der Waals surface area (Å²) < 4.78 is 13.1. The number of terminal acetylenes is 1. The quantitative estimate of drug-likeness (QED) is 0.298. The maximum atomic E-state index is 12.8. The van der Waals surface area contributed by atoms with Gasteiger partial charge in [0.15, 0.2) is 4.80 Å². The number of amides is 1. The van der Waals surface area contributed by atoms with Crippen LogP contribution in [0.5, 0.6) is 5.75 Å². The van der Waals surface area contributed by atoms with E-state index in [1.165, 1.54) is 18.4 Å². The van der Waals surface area contributed by atoms with Gasteiger partial charge in [0.05, 0.1) is 36.0 Å². The van der Waals surface area contributed by atoms with Crippen molar-refractivity contribution in [3.05, 3.63) is 58.4 Å². The number of hydrogen-bond acceptors (Lipinski definition) is 5. The summed E-state index contributed by atoms with van der Waals surface area (Å²) in [6.07, 6.45) is 8.72. The fourth-order valence-corrected chi connectivity index (χ4v) is 4.13. The number of methoxy groups -OCH3 is 1. The Labute approximate surface area is 185 Å². The Morgan fingerprint density at radius 3 is 2.74 bits per heavy atom. The molecule has 3 aromatic rings. The lowest BCUT2D eigenvalue weighted by Crippen LogP contribution is -2.16. The van der Waals surface area contributed by atoms with E-state index in [-0.39, 0.29) is 12.5 Å². The summed E-state index contributed by atoms with van der Waals surface area (Å²) in [5.74, 6) is 2.43. The normalized spacial score (nSPS) is 11.3. The van der Waals surface area contributed by atoms with E-state index < -0.39 is 5.97 Å². The molecule has 1 aromatic heterocycles. The first-order valence-electron chi connectivity index (χ1n) is 10.0. The minimum absolute atomic E-state index is 0.254. The Bertz CT molecular complexity index is 1200. The van der Waals surface area contributed by atoms with Gasteiger partial charge in [-0.1, -0.05) is 43.1 Å². The molecule has 0 spiro atoms. The van der Waals surface area contributed by atoms with E-state index in [0.717, 1.165) is 29.5 Å². The largest absolute Gasteiger partial charge is 0.494 e. The summed E-state index contributed by atoms with van der Waals surface area (Å²) >= 11 is 1.29. The van der Waals surface area contributed by atoms with Crippen molar-refractivity contribution in [2.24, 2.45) is 4.99 Å². The molecule has 0 aliphatic heterocycles. The molecule has 0 fully saturated rings. The predicted octanol–water partition coefficient (Wildman–Crippen LogP) is 4.43. The van der Waals surface area contributed by atoms with Crippen molar-refractivity contribution in [3.63, 3.8) is 0 Å². The second-order valence-electron chi connectivity index (χ2n) is 6.85. The van der Waals surface area contributed by atoms with Crippen molar-refractivity contribution >= 4 is 33.4 Å². The average molecular weight is 437 g/mol. The Balaban J connectivity index is 1.94. The summed E-state index contributed by atoms with van der Waals surface area (Å²) in [5.41, 5.74) is 1.66. The molecule has 0 aliphatic rings. The monoisotopic (exact) mass is 436 g/mol. The van der Waals surface area contributed by atoms with E-state index in [1.54, 1.807) is 41.0 Å². The van der Waals surface area contributed by atoms with Crippen LogP contribution in [-0.4, -0.2) is 30.2 Å². The third-order valence-corrected chi connectivity index (χ3v) is 5.69. The highest BCUT2D eigenvalue weighted by Gasteiger charge is 2.12. The Kier molecular flexibility index (Phi) is 7.63. The molecule has 0 N–H and O–H groups in total. The van der Waals surface area contributed by atoms with Crippen molar-refractivity contribution in [2.45, 2.75) is 32.7 Å². The minimum atomic E-state index is -0.427. The molecule has 1 amide bonds. The zero-order chi connectivity index (χ0) is 22.2. The lowest BCUT2D eigenvalue weighted by molar-refractivity contribution is 0.0601. The number of rotatable bonds is 8. The van der Waals surface area contributed by atoms with Crippen LogP contribution in [-0.2, 0) is 11.3 Å².